The number of nitrogens with two attached hydrogens (primary N) is 1. The normalized spacial score (nSPS) is 9.75. The third-order valence-corrected chi connectivity index (χ3v) is 1.40. The van der Waals surface area contributed by atoms with E-state index in [1.54, 1.807) is 6.07 Å². The molecule has 0 aliphatic heterocycles. The Kier molecular flexibility index (Phi) is 2.68. The van der Waals surface area contributed by atoms with Crippen LogP contribution in [-0.2, 0) is 6.42 Å². The number of carbonyl (C=O) groups excluding carboxylic acids is 1. The molecule has 66 valence electrons. The average Bonchev–Trinajstić information content (AvgIpc) is 2.36. The Bertz CT molecular complexity index is 268. The summed E-state index contributed by atoms with van der Waals surface area (Å²) < 4.78 is 0. The molecule has 0 radical (unpaired) electrons. The van der Waals surface area contributed by atoms with Gasteiger partial charge in [0.25, 0.3) is 0 Å². The van der Waals surface area contributed by atoms with Crippen molar-refractivity contribution < 1.29 is 4.79 Å². The highest BCUT2D eigenvalue weighted by Gasteiger charge is 2.00. The molecule has 0 aliphatic rings. The molecule has 1 heterocycles. The van der Waals surface area contributed by atoms with Gasteiger partial charge in [-0.1, -0.05) is 13.3 Å². The van der Waals surface area contributed by atoms with Crippen molar-refractivity contribution in [2.45, 2.75) is 19.8 Å². The van der Waals surface area contributed by atoms with Gasteiger partial charge >= 0.3 is 6.03 Å². The first-order valence-electron chi connectivity index (χ1n) is 3.83. The summed E-state index contributed by atoms with van der Waals surface area (Å²) in [7, 11) is 0. The number of hydrogen-bond acceptors (Lipinski definition) is 2. The first kappa shape index (κ1) is 8.58. The zero-order valence-corrected chi connectivity index (χ0v) is 6.92. The molecule has 1 rings (SSSR count). The number of aryl methyl sites for hydroxylation is 1. The zero-order chi connectivity index (χ0) is 8.97. The summed E-state index contributed by atoms with van der Waals surface area (Å²) in [5.74, 6) is 0.478. The van der Waals surface area contributed by atoms with Crippen molar-refractivity contribution in [3.05, 3.63) is 11.8 Å². The minimum atomic E-state index is -0.593. The average molecular weight is 168 g/mol. The van der Waals surface area contributed by atoms with Gasteiger partial charge in [-0.15, -0.1) is 0 Å². The van der Waals surface area contributed by atoms with Gasteiger partial charge in [-0.2, -0.15) is 5.10 Å². The lowest BCUT2D eigenvalue weighted by atomic mass is 10.2. The third kappa shape index (κ3) is 2.26. The molecule has 0 aromatic carbocycles. The number of amides is 2. The number of urea groups is 1. The Labute approximate surface area is 70.3 Å². The second kappa shape index (κ2) is 3.75. The number of aromatic nitrogens is 2. The molecule has 1 aromatic heterocycles. The molecular weight excluding hydrogens is 156 g/mol. The monoisotopic (exact) mass is 168 g/mol. The molecule has 0 saturated carbocycles. The molecule has 0 atom stereocenters. The number of rotatable bonds is 3. The molecule has 0 fully saturated rings. The van der Waals surface area contributed by atoms with Crippen molar-refractivity contribution in [3.8, 4) is 0 Å². The second-order valence-corrected chi connectivity index (χ2v) is 2.52. The van der Waals surface area contributed by atoms with Crippen LogP contribution in [0.5, 0.6) is 0 Å². The van der Waals surface area contributed by atoms with Crippen molar-refractivity contribution in [2.24, 2.45) is 5.73 Å². The van der Waals surface area contributed by atoms with Crippen molar-refractivity contribution in [1.82, 2.24) is 10.2 Å². The predicted molar refractivity (Wildman–Crippen MR) is 45.8 cm³/mol. The third-order valence-electron chi connectivity index (χ3n) is 1.40. The number of nitrogens with one attached hydrogen (secondary N) is 2. The molecule has 5 nitrogen and oxygen atoms in total. The summed E-state index contributed by atoms with van der Waals surface area (Å²) in [5, 5.41) is 9.01. The van der Waals surface area contributed by atoms with Gasteiger partial charge in [0.1, 0.15) is 0 Å². The van der Waals surface area contributed by atoms with E-state index >= 15 is 0 Å². The van der Waals surface area contributed by atoms with E-state index in [0.29, 0.717) is 5.82 Å². The van der Waals surface area contributed by atoms with Crippen LogP contribution in [0.4, 0.5) is 10.6 Å². The zero-order valence-electron chi connectivity index (χ0n) is 6.92. The largest absolute Gasteiger partial charge is 0.351 e. The number of nitrogens with zero attached hydrogens (tertiary/aromatic N) is 1. The van der Waals surface area contributed by atoms with Crippen LogP contribution in [0.1, 0.15) is 19.0 Å². The topological polar surface area (TPSA) is 83.8 Å². The molecule has 0 unspecified atom stereocenters. The molecule has 4 N–H and O–H groups in total. The summed E-state index contributed by atoms with van der Waals surface area (Å²) in [6, 6.07) is 1.18. The van der Waals surface area contributed by atoms with E-state index in [1.165, 1.54) is 0 Å². The minimum absolute atomic E-state index is 0.478. The molecule has 1 aromatic rings. The summed E-state index contributed by atoms with van der Waals surface area (Å²) >= 11 is 0. The smallest absolute Gasteiger partial charge is 0.317 e. The number of H-pyrrole nitrogens is 1. The number of hydrogen-bond donors (Lipinski definition) is 3. The molecular formula is C7H12N4O. The highest BCUT2D eigenvalue weighted by atomic mass is 16.2. The van der Waals surface area contributed by atoms with Crippen LogP contribution in [0.2, 0.25) is 0 Å². The lowest BCUT2D eigenvalue weighted by Gasteiger charge is -1.91. The van der Waals surface area contributed by atoms with Crippen LogP contribution in [0, 0.1) is 0 Å². The fraction of sp³-hybridized carbons (Fsp3) is 0.429. The van der Waals surface area contributed by atoms with Gasteiger partial charge in [-0.05, 0) is 6.42 Å². The lowest BCUT2D eigenvalue weighted by molar-refractivity contribution is 0.259. The van der Waals surface area contributed by atoms with Crippen LogP contribution in [0.15, 0.2) is 6.07 Å². The summed E-state index contributed by atoms with van der Waals surface area (Å²) in [4.78, 5) is 10.4. The Morgan fingerprint density at radius 2 is 2.58 bits per heavy atom. The fourth-order valence-electron chi connectivity index (χ4n) is 0.949. The SMILES string of the molecule is CCCc1cc(NC(N)=O)n[nH]1. The van der Waals surface area contributed by atoms with E-state index in [0.717, 1.165) is 18.5 Å². The molecule has 2 amide bonds. The fourth-order valence-corrected chi connectivity index (χ4v) is 0.949. The van der Waals surface area contributed by atoms with Crippen LogP contribution in [0.3, 0.4) is 0 Å². The van der Waals surface area contributed by atoms with Crippen molar-refractivity contribution in [1.29, 1.82) is 0 Å². The van der Waals surface area contributed by atoms with Gasteiger partial charge in [-0.3, -0.25) is 10.4 Å². The number of aromatic amines is 1. The molecule has 0 saturated heterocycles. The maximum Gasteiger partial charge on any atom is 0.317 e. The quantitative estimate of drug-likeness (QED) is 0.625. The van der Waals surface area contributed by atoms with Gasteiger partial charge in [0.05, 0.1) is 0 Å². The summed E-state index contributed by atoms with van der Waals surface area (Å²) in [6.45, 7) is 2.07. The molecule has 0 aliphatic carbocycles. The minimum Gasteiger partial charge on any atom is -0.351 e. The highest BCUT2D eigenvalue weighted by Crippen LogP contribution is 2.06. The number of anilines is 1. The van der Waals surface area contributed by atoms with E-state index in [9.17, 15) is 4.79 Å². The highest BCUT2D eigenvalue weighted by molar-refractivity contribution is 5.86. The van der Waals surface area contributed by atoms with Crippen LogP contribution in [0.25, 0.3) is 0 Å². The van der Waals surface area contributed by atoms with Gasteiger partial charge in [0.2, 0.25) is 0 Å². The molecule has 12 heavy (non-hydrogen) atoms. The van der Waals surface area contributed by atoms with Crippen molar-refractivity contribution in [3.63, 3.8) is 0 Å². The molecule has 0 bridgehead atoms. The Hall–Kier alpha value is -1.52. The van der Waals surface area contributed by atoms with E-state index in [1.807, 2.05) is 0 Å². The second-order valence-electron chi connectivity index (χ2n) is 2.52. The Morgan fingerprint density at radius 3 is 3.17 bits per heavy atom. The maximum absolute atomic E-state index is 10.4. The van der Waals surface area contributed by atoms with Crippen LogP contribution >= 0.6 is 0 Å². The van der Waals surface area contributed by atoms with Gasteiger partial charge in [-0.25, -0.2) is 4.79 Å². The van der Waals surface area contributed by atoms with Gasteiger partial charge in [0.15, 0.2) is 5.82 Å². The van der Waals surface area contributed by atoms with Crippen molar-refractivity contribution >= 4 is 11.8 Å². The van der Waals surface area contributed by atoms with E-state index in [2.05, 4.69) is 22.4 Å². The number of primary amides is 1. The summed E-state index contributed by atoms with van der Waals surface area (Å²) in [5.41, 5.74) is 5.90. The summed E-state index contributed by atoms with van der Waals surface area (Å²) in [6.07, 6.45) is 1.96. The lowest BCUT2D eigenvalue weighted by Crippen LogP contribution is -2.19. The first-order chi connectivity index (χ1) is 5.72. The Balaban J connectivity index is 2.58. The van der Waals surface area contributed by atoms with E-state index in [4.69, 9.17) is 5.73 Å². The Morgan fingerprint density at radius 1 is 1.83 bits per heavy atom. The van der Waals surface area contributed by atoms with E-state index < -0.39 is 6.03 Å². The van der Waals surface area contributed by atoms with Crippen molar-refractivity contribution in [2.75, 3.05) is 5.32 Å². The predicted octanol–water partition coefficient (Wildman–Crippen LogP) is 0.853. The van der Waals surface area contributed by atoms with Crippen LogP contribution in [-0.4, -0.2) is 16.2 Å². The first-order valence-corrected chi connectivity index (χ1v) is 3.83. The molecule has 0 spiro atoms. The van der Waals surface area contributed by atoms with E-state index in [-0.39, 0.29) is 0 Å². The standard InChI is InChI=1S/C7H12N4O/c1-2-3-5-4-6(11-10-5)9-7(8)12/h4H,2-3H2,1H3,(H4,8,9,10,11,12). The maximum atomic E-state index is 10.4. The van der Waals surface area contributed by atoms with Crippen LogP contribution < -0.4 is 11.1 Å². The molecule has 5 heteroatoms. The number of carbonyl (C=O) groups is 1. The van der Waals surface area contributed by atoms with Gasteiger partial charge in [0, 0.05) is 11.8 Å². The van der Waals surface area contributed by atoms with Gasteiger partial charge < -0.3 is 5.73 Å².